The van der Waals surface area contributed by atoms with E-state index in [1.165, 1.54) is 0 Å². The van der Waals surface area contributed by atoms with Crippen molar-refractivity contribution in [2.45, 2.75) is 26.7 Å². The first kappa shape index (κ1) is 13.6. The lowest BCUT2D eigenvalue weighted by molar-refractivity contribution is 0.414. The summed E-state index contributed by atoms with van der Waals surface area (Å²) in [5.74, 6) is 1.82. The molecule has 4 heteroatoms. The molecule has 0 aliphatic carbocycles. The predicted octanol–water partition coefficient (Wildman–Crippen LogP) is 4.18. The van der Waals surface area contributed by atoms with Crippen LogP contribution in [-0.2, 0) is 6.42 Å². The number of aryl methyl sites for hydroxylation is 1. The molecule has 1 heterocycles. The Kier molecular flexibility index (Phi) is 3.60. The van der Waals surface area contributed by atoms with E-state index in [9.17, 15) is 5.11 Å². The van der Waals surface area contributed by atoms with E-state index in [4.69, 9.17) is 4.52 Å². The number of nitrogens with zero attached hydrogens (tertiary/aromatic N) is 2. The number of phenolic OH excluding ortho intramolecular Hbond substituents is 1. The van der Waals surface area contributed by atoms with Gasteiger partial charge in [-0.2, -0.15) is 4.98 Å². The van der Waals surface area contributed by atoms with E-state index in [0.29, 0.717) is 23.2 Å². The Bertz CT molecular complexity index is 762. The second-order valence-corrected chi connectivity index (χ2v) is 5.66. The van der Waals surface area contributed by atoms with E-state index < -0.39 is 0 Å². The van der Waals surface area contributed by atoms with Crippen molar-refractivity contribution in [1.29, 1.82) is 0 Å². The molecule has 0 unspecified atom stereocenters. The summed E-state index contributed by atoms with van der Waals surface area (Å²) in [5, 5.41) is 16.2. The minimum Gasteiger partial charge on any atom is -0.507 e. The topological polar surface area (TPSA) is 59.2 Å². The molecule has 21 heavy (non-hydrogen) atoms. The maximum absolute atomic E-state index is 10.2. The van der Waals surface area contributed by atoms with Gasteiger partial charge in [-0.25, -0.2) is 0 Å². The second-order valence-electron chi connectivity index (χ2n) is 5.66. The van der Waals surface area contributed by atoms with Crippen LogP contribution in [0, 0.1) is 5.92 Å². The fourth-order valence-corrected chi connectivity index (χ4v) is 2.28. The molecular formula is C17H18N2O2. The molecule has 3 rings (SSSR count). The van der Waals surface area contributed by atoms with Crippen LogP contribution in [0.3, 0.4) is 0 Å². The van der Waals surface area contributed by atoms with E-state index in [2.05, 4.69) is 24.0 Å². The number of aromatic hydroxyl groups is 1. The van der Waals surface area contributed by atoms with Gasteiger partial charge in [0.1, 0.15) is 5.75 Å². The van der Waals surface area contributed by atoms with E-state index in [0.717, 1.165) is 23.6 Å². The van der Waals surface area contributed by atoms with Crippen LogP contribution in [0.1, 0.15) is 26.1 Å². The molecular weight excluding hydrogens is 264 g/mol. The molecule has 1 aromatic heterocycles. The van der Waals surface area contributed by atoms with Gasteiger partial charge in [0.25, 0.3) is 5.89 Å². The largest absolute Gasteiger partial charge is 0.507 e. The number of aromatic nitrogens is 2. The molecule has 2 aromatic carbocycles. The molecule has 0 atom stereocenters. The molecule has 0 saturated heterocycles. The van der Waals surface area contributed by atoms with Gasteiger partial charge >= 0.3 is 0 Å². The zero-order valence-corrected chi connectivity index (χ0v) is 12.2. The first-order chi connectivity index (χ1) is 10.1. The lowest BCUT2D eigenvalue weighted by Crippen LogP contribution is -1.93. The van der Waals surface area contributed by atoms with Crippen molar-refractivity contribution in [2.75, 3.05) is 0 Å². The summed E-state index contributed by atoms with van der Waals surface area (Å²) in [6, 6.07) is 11.5. The van der Waals surface area contributed by atoms with Crippen molar-refractivity contribution in [2.24, 2.45) is 5.92 Å². The van der Waals surface area contributed by atoms with Crippen molar-refractivity contribution in [3.63, 3.8) is 0 Å². The minimum atomic E-state index is 0.160. The second kappa shape index (κ2) is 5.56. The molecule has 0 aliphatic rings. The smallest absolute Gasteiger partial charge is 0.261 e. The maximum Gasteiger partial charge on any atom is 0.261 e. The van der Waals surface area contributed by atoms with Gasteiger partial charge in [-0.1, -0.05) is 43.3 Å². The zero-order chi connectivity index (χ0) is 14.8. The number of rotatable bonds is 4. The third-order valence-corrected chi connectivity index (χ3v) is 3.51. The molecule has 0 radical (unpaired) electrons. The Hall–Kier alpha value is -2.36. The van der Waals surface area contributed by atoms with Crippen LogP contribution < -0.4 is 0 Å². The van der Waals surface area contributed by atoms with Gasteiger partial charge in [-0.15, -0.1) is 0 Å². The summed E-state index contributed by atoms with van der Waals surface area (Å²) in [5.41, 5.74) is 0.581. The number of fused-ring (bicyclic) bond motifs is 1. The Balaban J connectivity index is 1.94. The Morgan fingerprint density at radius 1 is 1.14 bits per heavy atom. The SMILES string of the molecule is CC(C)CCc1noc(-c2cc3ccccc3cc2O)n1. The number of benzene rings is 2. The molecule has 108 valence electrons. The molecule has 0 amide bonds. The van der Waals surface area contributed by atoms with Gasteiger partial charge in [-0.05, 0) is 35.2 Å². The summed E-state index contributed by atoms with van der Waals surface area (Å²) in [6.07, 6.45) is 1.80. The van der Waals surface area contributed by atoms with Gasteiger partial charge in [0.05, 0.1) is 5.56 Å². The van der Waals surface area contributed by atoms with Gasteiger partial charge in [0.2, 0.25) is 0 Å². The highest BCUT2D eigenvalue weighted by Gasteiger charge is 2.14. The number of hydrogen-bond donors (Lipinski definition) is 1. The summed E-state index contributed by atoms with van der Waals surface area (Å²) in [7, 11) is 0. The zero-order valence-electron chi connectivity index (χ0n) is 12.2. The van der Waals surface area contributed by atoms with Crippen LogP contribution >= 0.6 is 0 Å². The normalized spacial score (nSPS) is 11.4. The van der Waals surface area contributed by atoms with Crippen molar-refractivity contribution in [3.8, 4) is 17.2 Å². The third kappa shape index (κ3) is 2.89. The molecule has 0 saturated carbocycles. The predicted molar refractivity (Wildman–Crippen MR) is 82.1 cm³/mol. The number of phenols is 1. The lowest BCUT2D eigenvalue weighted by Gasteiger charge is -2.03. The summed E-state index contributed by atoms with van der Waals surface area (Å²) < 4.78 is 5.29. The van der Waals surface area contributed by atoms with Crippen molar-refractivity contribution < 1.29 is 9.63 Å². The van der Waals surface area contributed by atoms with Crippen molar-refractivity contribution in [1.82, 2.24) is 10.1 Å². The molecule has 0 spiro atoms. The fraction of sp³-hybridized carbons (Fsp3) is 0.294. The molecule has 3 aromatic rings. The first-order valence-corrected chi connectivity index (χ1v) is 7.18. The molecule has 0 bridgehead atoms. The highest BCUT2D eigenvalue weighted by atomic mass is 16.5. The molecule has 0 fully saturated rings. The standard InChI is InChI=1S/C17H18N2O2/c1-11(2)7-8-16-18-17(21-19-16)14-9-12-5-3-4-6-13(12)10-15(14)20/h3-6,9-11,20H,7-8H2,1-2H3. The monoisotopic (exact) mass is 282 g/mol. The minimum absolute atomic E-state index is 0.160. The van der Waals surface area contributed by atoms with E-state index >= 15 is 0 Å². The van der Waals surface area contributed by atoms with Crippen LogP contribution in [-0.4, -0.2) is 15.2 Å². The van der Waals surface area contributed by atoms with E-state index in [-0.39, 0.29) is 5.75 Å². The lowest BCUT2D eigenvalue weighted by atomic mass is 10.1. The van der Waals surface area contributed by atoms with Crippen LogP contribution in [0.2, 0.25) is 0 Å². The average molecular weight is 282 g/mol. The van der Waals surface area contributed by atoms with Crippen LogP contribution in [0.4, 0.5) is 0 Å². The van der Waals surface area contributed by atoms with Crippen molar-refractivity contribution >= 4 is 10.8 Å². The Morgan fingerprint density at radius 3 is 2.57 bits per heavy atom. The summed E-state index contributed by atoms with van der Waals surface area (Å²) in [4.78, 5) is 4.38. The third-order valence-electron chi connectivity index (χ3n) is 3.51. The summed E-state index contributed by atoms with van der Waals surface area (Å²) >= 11 is 0. The fourth-order valence-electron chi connectivity index (χ4n) is 2.28. The van der Waals surface area contributed by atoms with Gasteiger partial charge in [-0.3, -0.25) is 0 Å². The van der Waals surface area contributed by atoms with Gasteiger partial charge in [0.15, 0.2) is 5.82 Å². The van der Waals surface area contributed by atoms with Crippen LogP contribution in [0.25, 0.3) is 22.2 Å². The molecule has 0 aliphatic heterocycles. The maximum atomic E-state index is 10.2. The van der Waals surface area contributed by atoms with E-state index in [1.54, 1.807) is 6.07 Å². The van der Waals surface area contributed by atoms with Gasteiger partial charge in [0, 0.05) is 6.42 Å². The van der Waals surface area contributed by atoms with Crippen LogP contribution in [0.5, 0.6) is 5.75 Å². The molecule has 1 N–H and O–H groups in total. The van der Waals surface area contributed by atoms with E-state index in [1.807, 2.05) is 30.3 Å². The Morgan fingerprint density at radius 2 is 1.86 bits per heavy atom. The highest BCUT2D eigenvalue weighted by molar-refractivity contribution is 5.89. The van der Waals surface area contributed by atoms with Crippen molar-refractivity contribution in [3.05, 3.63) is 42.2 Å². The average Bonchev–Trinajstić information content (AvgIpc) is 2.93. The quantitative estimate of drug-likeness (QED) is 0.779. The Labute approximate surface area is 123 Å². The number of hydrogen-bond acceptors (Lipinski definition) is 4. The molecule has 4 nitrogen and oxygen atoms in total. The highest BCUT2D eigenvalue weighted by Crippen LogP contribution is 2.32. The first-order valence-electron chi connectivity index (χ1n) is 7.18. The van der Waals surface area contributed by atoms with Crippen LogP contribution in [0.15, 0.2) is 40.9 Å². The van der Waals surface area contributed by atoms with Gasteiger partial charge < -0.3 is 9.63 Å². The summed E-state index contributed by atoms with van der Waals surface area (Å²) in [6.45, 7) is 4.33.